The molecule has 0 aliphatic rings. The fourth-order valence-electron chi connectivity index (χ4n) is 2.46. The maximum absolute atomic E-state index is 10.6. The van der Waals surface area contributed by atoms with E-state index in [9.17, 15) is 4.57 Å². The highest BCUT2D eigenvalue weighted by Gasteiger charge is 2.19. The van der Waals surface area contributed by atoms with Crippen molar-refractivity contribution in [3.05, 3.63) is 66.0 Å². The molecule has 0 spiro atoms. The molecule has 8 nitrogen and oxygen atoms in total. The molecule has 9 heteroatoms. The number of aromatic nitrogens is 4. The minimum absolute atomic E-state index is 0.0903. The van der Waals surface area contributed by atoms with Gasteiger partial charge in [-0.15, -0.1) is 19.6 Å². The van der Waals surface area contributed by atoms with Gasteiger partial charge in [0, 0.05) is 4.57 Å². The summed E-state index contributed by atoms with van der Waals surface area (Å²) in [6.45, 7) is -0.0903. The lowest BCUT2D eigenvalue weighted by Gasteiger charge is -2.13. The van der Waals surface area contributed by atoms with E-state index >= 15 is 0 Å². The Balaban J connectivity index is 1.69. The molecule has 128 valence electrons. The number of nitrogens with zero attached hydrogens (tertiary/aromatic N) is 3. The molecule has 0 aliphatic carbocycles. The fourth-order valence-corrected chi connectivity index (χ4v) is 2.65. The summed E-state index contributed by atoms with van der Waals surface area (Å²) in [5, 5.41) is 16.9. The zero-order valence-electron chi connectivity index (χ0n) is 13.2. The van der Waals surface area contributed by atoms with Crippen molar-refractivity contribution in [3.8, 4) is 11.1 Å². The van der Waals surface area contributed by atoms with E-state index in [1.54, 1.807) is 0 Å². The van der Waals surface area contributed by atoms with E-state index in [2.05, 4.69) is 54.7 Å². The van der Waals surface area contributed by atoms with Crippen LogP contribution in [0.4, 0.5) is 0 Å². The normalized spacial score (nSPS) is 12.8. The number of hydrogen-bond acceptors (Lipinski definition) is 6. The van der Waals surface area contributed by atoms with Crippen LogP contribution in [0.25, 0.3) is 11.1 Å². The zero-order chi connectivity index (χ0) is 17.5. The first-order valence-electron chi connectivity index (χ1n) is 7.62. The monoisotopic (exact) mass is 358 g/mol. The molecule has 0 aliphatic heterocycles. The first kappa shape index (κ1) is 17.3. The van der Waals surface area contributed by atoms with Gasteiger partial charge in [0.1, 0.15) is 0 Å². The molecule has 25 heavy (non-hydrogen) atoms. The minimum Gasteiger partial charge on any atom is -0.280 e. The van der Waals surface area contributed by atoms with Crippen LogP contribution in [0.5, 0.6) is 0 Å². The summed E-state index contributed by atoms with van der Waals surface area (Å²) in [6.07, 6.45) is 0.584. The summed E-state index contributed by atoms with van der Waals surface area (Å²) in [5.41, 5.74) is 3.35. The average Bonchev–Trinajstić information content (AvgIpc) is 3.16. The molecule has 3 rings (SSSR count). The molecule has 0 radical (unpaired) electrons. The Morgan fingerprint density at radius 3 is 2.48 bits per heavy atom. The fraction of sp³-hybridized carbons (Fsp3) is 0.188. The van der Waals surface area contributed by atoms with Crippen molar-refractivity contribution in [2.24, 2.45) is 0 Å². The van der Waals surface area contributed by atoms with Crippen LogP contribution in [-0.4, -0.2) is 32.2 Å². The molecule has 2 aromatic carbocycles. The smallest absolute Gasteiger partial charge is 0.280 e. The van der Waals surface area contributed by atoms with Gasteiger partial charge in [-0.1, -0.05) is 59.8 Å². The van der Waals surface area contributed by atoms with Crippen molar-refractivity contribution in [2.75, 3.05) is 6.73 Å². The van der Waals surface area contributed by atoms with Gasteiger partial charge < -0.3 is 0 Å². The van der Waals surface area contributed by atoms with Crippen molar-refractivity contribution in [1.29, 1.82) is 0 Å². The van der Waals surface area contributed by atoms with E-state index in [1.807, 2.05) is 30.3 Å². The van der Waals surface area contributed by atoms with E-state index < -0.39 is 8.25 Å². The van der Waals surface area contributed by atoms with Crippen LogP contribution in [-0.2, 0) is 15.5 Å². The van der Waals surface area contributed by atoms with Gasteiger partial charge in [0.05, 0.1) is 6.04 Å². The van der Waals surface area contributed by atoms with Gasteiger partial charge in [-0.3, -0.25) is 5.32 Å². The van der Waals surface area contributed by atoms with Crippen molar-refractivity contribution < 1.29 is 14.0 Å². The molecule has 0 saturated carbocycles. The van der Waals surface area contributed by atoms with Crippen LogP contribution < -0.4 is 5.32 Å². The summed E-state index contributed by atoms with van der Waals surface area (Å²) in [7, 11) is -2.65. The largest absolute Gasteiger partial charge is 0.696 e. The number of H-pyrrole nitrogens is 1. The number of rotatable bonds is 8. The highest BCUT2D eigenvalue weighted by atomic mass is 31.1. The molecule has 2 atom stereocenters. The van der Waals surface area contributed by atoms with Crippen molar-refractivity contribution in [3.63, 3.8) is 0 Å². The lowest BCUT2D eigenvalue weighted by atomic mass is 10.0. The van der Waals surface area contributed by atoms with Crippen molar-refractivity contribution in [1.82, 2.24) is 25.9 Å². The van der Waals surface area contributed by atoms with E-state index in [0.29, 0.717) is 12.2 Å². The molecule has 0 fully saturated rings. The molecule has 1 heterocycles. The van der Waals surface area contributed by atoms with E-state index in [4.69, 9.17) is 4.89 Å². The van der Waals surface area contributed by atoms with Crippen LogP contribution in [0.3, 0.4) is 0 Å². The maximum atomic E-state index is 10.6. The van der Waals surface area contributed by atoms with Crippen molar-refractivity contribution >= 4 is 8.25 Å². The highest BCUT2D eigenvalue weighted by molar-refractivity contribution is 7.32. The molecule has 3 N–H and O–H groups in total. The maximum Gasteiger partial charge on any atom is 0.696 e. The van der Waals surface area contributed by atoms with Gasteiger partial charge in [0.25, 0.3) is 0 Å². The standard InChI is InChI=1S/C16H16N5O3P/c22-25(23)24-11-17-15(16-18-20-21-19-16)10-12-6-8-14(9-7-12)13-4-2-1-3-5-13/h1-9,15,17H,10-11H2,(H-,18,19,20,21,22,23)/p+1/t15-/m0/s1. The third kappa shape index (κ3) is 4.98. The molecule has 1 aromatic heterocycles. The van der Waals surface area contributed by atoms with Crippen LogP contribution >= 0.6 is 8.25 Å². The van der Waals surface area contributed by atoms with Crippen LogP contribution in [0, 0.1) is 0 Å². The SMILES string of the molecule is O=[P+](O)OCN[C@@H](Cc1ccc(-c2ccccc2)cc1)c1nn[nH]n1. The Bertz CT molecular complexity index is 796. The molecule has 0 saturated heterocycles. The molecule has 1 unspecified atom stereocenters. The quantitative estimate of drug-likeness (QED) is 0.418. The summed E-state index contributed by atoms with van der Waals surface area (Å²) >= 11 is 0. The highest BCUT2D eigenvalue weighted by Crippen LogP contribution is 2.22. The van der Waals surface area contributed by atoms with Crippen molar-refractivity contribution in [2.45, 2.75) is 12.5 Å². The second-order valence-electron chi connectivity index (χ2n) is 5.31. The van der Waals surface area contributed by atoms with Gasteiger partial charge in [0.2, 0.25) is 0 Å². The first-order chi connectivity index (χ1) is 12.2. The zero-order valence-corrected chi connectivity index (χ0v) is 14.1. The molecule has 0 amide bonds. The Kier molecular flexibility index (Phi) is 5.92. The third-order valence-electron chi connectivity index (χ3n) is 3.68. The number of tetrazole rings is 1. The second-order valence-corrected chi connectivity index (χ2v) is 6.04. The van der Waals surface area contributed by atoms with Gasteiger partial charge in [0.15, 0.2) is 12.6 Å². The predicted molar refractivity (Wildman–Crippen MR) is 91.4 cm³/mol. The summed E-state index contributed by atoms with van der Waals surface area (Å²) < 4.78 is 15.3. The van der Waals surface area contributed by atoms with Crippen LogP contribution in [0.2, 0.25) is 0 Å². The second kappa shape index (κ2) is 8.55. The van der Waals surface area contributed by atoms with E-state index in [0.717, 1.165) is 16.7 Å². The molecular weight excluding hydrogens is 341 g/mol. The first-order valence-corrected chi connectivity index (χ1v) is 8.75. The lowest BCUT2D eigenvalue weighted by Crippen LogP contribution is -2.26. The van der Waals surface area contributed by atoms with Gasteiger partial charge >= 0.3 is 8.25 Å². The lowest BCUT2D eigenvalue weighted by molar-refractivity contribution is 0.239. The molecule has 3 aromatic rings. The van der Waals surface area contributed by atoms with Gasteiger partial charge in [-0.2, -0.15) is 5.21 Å². The summed E-state index contributed by atoms with van der Waals surface area (Å²) in [5.74, 6) is 0.462. The summed E-state index contributed by atoms with van der Waals surface area (Å²) in [4.78, 5) is 8.72. The Morgan fingerprint density at radius 2 is 1.84 bits per heavy atom. The minimum atomic E-state index is -2.65. The van der Waals surface area contributed by atoms with Crippen LogP contribution in [0.1, 0.15) is 17.4 Å². The average molecular weight is 358 g/mol. The van der Waals surface area contributed by atoms with Crippen LogP contribution in [0.15, 0.2) is 54.6 Å². The van der Waals surface area contributed by atoms with Gasteiger partial charge in [-0.25, -0.2) is 0 Å². The predicted octanol–water partition coefficient (Wildman–Crippen LogP) is 2.36. The number of aromatic amines is 1. The number of nitrogens with one attached hydrogen (secondary N) is 2. The van der Waals surface area contributed by atoms with E-state index in [-0.39, 0.29) is 12.8 Å². The number of hydrogen-bond donors (Lipinski definition) is 3. The Labute approximate surface area is 145 Å². The van der Waals surface area contributed by atoms with E-state index in [1.165, 1.54) is 0 Å². The Morgan fingerprint density at radius 1 is 1.12 bits per heavy atom. The topological polar surface area (TPSA) is 113 Å². The number of benzene rings is 2. The third-order valence-corrected chi connectivity index (χ3v) is 4.03. The molecular formula is C16H17N5O3P+. The van der Waals surface area contributed by atoms with Gasteiger partial charge in [-0.05, 0) is 23.1 Å². The Hall–Kier alpha value is -2.51. The summed E-state index contributed by atoms with van der Waals surface area (Å²) in [6, 6.07) is 18.0. The molecule has 0 bridgehead atoms.